The molecule has 2 aliphatic heterocycles. The van der Waals surface area contributed by atoms with Gasteiger partial charge in [0.1, 0.15) is 5.82 Å². The van der Waals surface area contributed by atoms with Crippen molar-refractivity contribution in [2.45, 2.75) is 46.2 Å². The number of anilines is 2. The Labute approximate surface area is 197 Å². The maximum absolute atomic E-state index is 13.5. The van der Waals surface area contributed by atoms with Crippen molar-refractivity contribution in [2.24, 2.45) is 5.92 Å². The molecule has 1 saturated heterocycles. The normalized spacial score (nSPS) is 20.6. The molecule has 0 spiro atoms. The van der Waals surface area contributed by atoms with Gasteiger partial charge in [0.15, 0.2) is 15.0 Å². The first-order valence-corrected chi connectivity index (χ1v) is 13.8. The Balaban J connectivity index is 1.57. The predicted molar refractivity (Wildman–Crippen MR) is 127 cm³/mol. The summed E-state index contributed by atoms with van der Waals surface area (Å²) in [5, 5.41) is 3.23. The van der Waals surface area contributed by atoms with E-state index in [0.717, 1.165) is 29.0 Å². The fraction of sp³-hybridized carbons (Fsp3) is 0.545. The lowest BCUT2D eigenvalue weighted by Gasteiger charge is -2.29. The highest BCUT2D eigenvalue weighted by atomic mass is 32.2. The highest BCUT2D eigenvalue weighted by Gasteiger charge is 2.41. The molecule has 0 radical (unpaired) electrons. The lowest BCUT2D eigenvalue weighted by molar-refractivity contribution is -0.114. The molecule has 5 rings (SSSR count). The van der Waals surface area contributed by atoms with Gasteiger partial charge >= 0.3 is 0 Å². The number of carbonyl (C=O) groups is 2. The maximum Gasteiger partial charge on any atom is 0.258 e. The van der Waals surface area contributed by atoms with Crippen LogP contribution < -0.4 is 10.2 Å². The number of sulfone groups is 1. The van der Waals surface area contributed by atoms with Crippen molar-refractivity contribution in [3.63, 3.8) is 0 Å². The predicted octanol–water partition coefficient (Wildman–Crippen LogP) is 2.46. The minimum absolute atomic E-state index is 0.0214. The maximum atomic E-state index is 13.5. The second-order valence-corrected chi connectivity index (χ2v) is 12.4. The number of hydrogen-bond donors (Lipinski definition) is 1. The van der Waals surface area contributed by atoms with Crippen molar-refractivity contribution in [1.29, 1.82) is 0 Å². The highest BCUT2D eigenvalue weighted by Crippen LogP contribution is 2.42. The molecule has 33 heavy (non-hydrogen) atoms. The molecule has 0 bridgehead atoms. The first-order valence-electron chi connectivity index (χ1n) is 11.2. The first kappa shape index (κ1) is 22.3. The van der Waals surface area contributed by atoms with E-state index in [0.29, 0.717) is 47.8 Å². The van der Waals surface area contributed by atoms with Crippen molar-refractivity contribution in [2.75, 3.05) is 34.8 Å². The molecular weight excluding hydrogens is 462 g/mol. The van der Waals surface area contributed by atoms with Crippen LogP contribution in [-0.2, 0) is 21.2 Å². The van der Waals surface area contributed by atoms with E-state index in [1.165, 1.54) is 18.3 Å². The molecule has 9 nitrogen and oxygen atoms in total. The van der Waals surface area contributed by atoms with E-state index >= 15 is 0 Å². The average molecular weight is 490 g/mol. The summed E-state index contributed by atoms with van der Waals surface area (Å²) >= 11 is 1.35. The van der Waals surface area contributed by atoms with Crippen LogP contribution in [-0.4, -0.2) is 65.7 Å². The summed E-state index contributed by atoms with van der Waals surface area (Å²) in [6.07, 6.45) is 2.29. The van der Waals surface area contributed by atoms with Crippen molar-refractivity contribution in [3.05, 3.63) is 22.9 Å². The third-order valence-corrected chi connectivity index (χ3v) is 9.35. The average Bonchev–Trinajstić information content (AvgIpc) is 3.46. The highest BCUT2D eigenvalue weighted by molar-refractivity contribution is 7.91. The molecule has 2 amide bonds. The number of aryl methyl sites for hydroxylation is 1. The molecule has 3 aliphatic rings. The lowest BCUT2D eigenvalue weighted by Crippen LogP contribution is -2.42. The molecule has 2 aromatic rings. The molecular formula is C22H27N5O4S2. The number of amides is 2. The van der Waals surface area contributed by atoms with Gasteiger partial charge in [-0.25, -0.2) is 18.4 Å². The van der Waals surface area contributed by atoms with E-state index in [2.05, 4.69) is 17.2 Å². The molecule has 1 aliphatic carbocycles. The van der Waals surface area contributed by atoms with Crippen LogP contribution in [0.15, 0.2) is 6.07 Å². The Morgan fingerprint density at radius 1 is 1.24 bits per heavy atom. The van der Waals surface area contributed by atoms with Crippen molar-refractivity contribution >= 4 is 43.9 Å². The number of fused-ring (bicyclic) bond motifs is 1. The molecule has 2 aromatic heterocycles. The van der Waals surface area contributed by atoms with Gasteiger partial charge in [-0.3, -0.25) is 9.59 Å². The van der Waals surface area contributed by atoms with Gasteiger partial charge in [-0.15, -0.1) is 0 Å². The van der Waals surface area contributed by atoms with E-state index in [9.17, 15) is 18.0 Å². The smallest absolute Gasteiger partial charge is 0.258 e. The minimum Gasteiger partial charge on any atom is -0.354 e. The Morgan fingerprint density at radius 2 is 1.94 bits per heavy atom. The quantitative estimate of drug-likeness (QED) is 0.686. The zero-order valence-electron chi connectivity index (χ0n) is 18.9. The van der Waals surface area contributed by atoms with E-state index in [1.54, 1.807) is 0 Å². The van der Waals surface area contributed by atoms with Gasteiger partial charge in [-0.2, -0.15) is 0 Å². The van der Waals surface area contributed by atoms with Gasteiger partial charge in [0.05, 0.1) is 33.3 Å². The van der Waals surface area contributed by atoms with Gasteiger partial charge in [0, 0.05) is 32.6 Å². The number of nitrogens with zero attached hydrogens (tertiary/aromatic N) is 4. The summed E-state index contributed by atoms with van der Waals surface area (Å²) in [6.45, 7) is 6.57. The Kier molecular flexibility index (Phi) is 5.43. The number of nitrogens with one attached hydrogen (secondary N) is 1. The summed E-state index contributed by atoms with van der Waals surface area (Å²) in [7, 11) is -3.07. The van der Waals surface area contributed by atoms with Crippen molar-refractivity contribution in [1.82, 2.24) is 14.9 Å². The van der Waals surface area contributed by atoms with Crippen LogP contribution >= 0.6 is 11.3 Å². The molecule has 2 fully saturated rings. The first-order chi connectivity index (χ1) is 15.6. The number of carbonyl (C=O) groups excluding carboxylic acids is 2. The van der Waals surface area contributed by atoms with Crippen LogP contribution in [0, 0.1) is 12.8 Å². The molecule has 176 valence electrons. The van der Waals surface area contributed by atoms with Gasteiger partial charge in [-0.05, 0) is 44.2 Å². The largest absolute Gasteiger partial charge is 0.354 e. The number of aromatic nitrogens is 2. The Bertz CT molecular complexity index is 1240. The summed E-state index contributed by atoms with van der Waals surface area (Å²) < 4.78 is 24.0. The second kappa shape index (κ2) is 8.05. The third kappa shape index (κ3) is 4.23. The van der Waals surface area contributed by atoms with Gasteiger partial charge in [-0.1, -0.05) is 11.3 Å². The SMILES string of the molecule is CC(=O)Nc1nc(C)c(-c2cc3c(c(N4CCS(=O)(=O)CC4)n2)C(=O)N(C(C)C2CC2)C3)s1. The fourth-order valence-corrected chi connectivity index (χ4v) is 6.78. The van der Waals surface area contributed by atoms with Gasteiger partial charge < -0.3 is 15.1 Å². The molecule has 4 heterocycles. The summed E-state index contributed by atoms with van der Waals surface area (Å²) in [5.41, 5.74) is 2.94. The van der Waals surface area contributed by atoms with Gasteiger partial charge in [0.25, 0.3) is 5.91 Å². The van der Waals surface area contributed by atoms with E-state index in [4.69, 9.17) is 4.98 Å². The molecule has 1 N–H and O–H groups in total. The molecule has 1 unspecified atom stereocenters. The van der Waals surface area contributed by atoms with Crippen molar-refractivity contribution in [3.8, 4) is 10.6 Å². The number of rotatable bonds is 5. The number of pyridine rings is 1. The zero-order chi connectivity index (χ0) is 23.5. The summed E-state index contributed by atoms with van der Waals surface area (Å²) in [4.78, 5) is 39.0. The monoisotopic (exact) mass is 489 g/mol. The van der Waals surface area contributed by atoms with Crippen LogP contribution in [0.4, 0.5) is 10.9 Å². The fourth-order valence-electron chi connectivity index (χ4n) is 4.61. The van der Waals surface area contributed by atoms with E-state index in [1.807, 2.05) is 22.8 Å². The Morgan fingerprint density at radius 3 is 2.58 bits per heavy atom. The zero-order valence-corrected chi connectivity index (χ0v) is 20.6. The second-order valence-electron chi connectivity index (χ2n) is 9.13. The van der Waals surface area contributed by atoms with Crippen LogP contribution in [0.3, 0.4) is 0 Å². The van der Waals surface area contributed by atoms with Gasteiger partial charge in [0.2, 0.25) is 5.91 Å². The van der Waals surface area contributed by atoms with Crippen LogP contribution in [0.25, 0.3) is 10.6 Å². The molecule has 1 saturated carbocycles. The van der Waals surface area contributed by atoms with E-state index < -0.39 is 9.84 Å². The minimum atomic E-state index is -3.07. The Hall–Kier alpha value is -2.53. The standard InChI is InChI=1S/C22H27N5O4S2/c1-12-19(32-22(23-12)24-14(3)28)17-10-16-11-27(13(2)15-4-5-15)21(29)18(16)20(25-17)26-6-8-33(30,31)9-7-26/h10,13,15H,4-9,11H2,1-3H3,(H,23,24,28). The number of hydrogen-bond acceptors (Lipinski definition) is 8. The topological polar surface area (TPSA) is 113 Å². The number of thiazole rings is 1. The third-order valence-electron chi connectivity index (χ3n) is 6.65. The van der Waals surface area contributed by atoms with Crippen LogP contribution in [0.1, 0.15) is 48.3 Å². The summed E-state index contributed by atoms with van der Waals surface area (Å²) in [6, 6.07) is 2.12. The molecule has 11 heteroatoms. The van der Waals surface area contributed by atoms with E-state index in [-0.39, 0.29) is 29.4 Å². The molecule has 0 aromatic carbocycles. The summed E-state index contributed by atoms with van der Waals surface area (Å²) in [5.74, 6) is 0.992. The lowest BCUT2D eigenvalue weighted by atomic mass is 10.1. The van der Waals surface area contributed by atoms with Crippen LogP contribution in [0.2, 0.25) is 0 Å². The van der Waals surface area contributed by atoms with Crippen LogP contribution in [0.5, 0.6) is 0 Å². The molecule has 1 atom stereocenters. The van der Waals surface area contributed by atoms with Crippen molar-refractivity contribution < 1.29 is 18.0 Å².